The van der Waals surface area contributed by atoms with E-state index in [1.165, 1.54) is 30.5 Å². The first-order chi connectivity index (χ1) is 35.0. The van der Waals surface area contributed by atoms with Crippen LogP contribution in [-0.2, 0) is 43.0 Å². The maximum absolute atomic E-state index is 14.2. The van der Waals surface area contributed by atoms with Gasteiger partial charge in [0, 0.05) is 59.1 Å². The van der Waals surface area contributed by atoms with E-state index in [0.29, 0.717) is 37.4 Å². The number of ether oxygens (including phenoxy) is 2. The van der Waals surface area contributed by atoms with Crippen LogP contribution >= 0.6 is 106 Å². The van der Waals surface area contributed by atoms with E-state index in [9.17, 15) is 45.5 Å². The molecule has 76 heavy (non-hydrogen) atoms. The van der Waals surface area contributed by atoms with Crippen molar-refractivity contribution in [2.75, 3.05) is 18.0 Å². The number of carbonyl (C=O) groups excluding carboxylic acids is 4. The first-order valence-corrected chi connectivity index (χ1v) is 29.0. The molecule has 3 aliphatic rings. The van der Waals surface area contributed by atoms with Crippen LogP contribution in [0.2, 0.25) is 30.1 Å². The molecule has 1 aliphatic carbocycles. The Morgan fingerprint density at radius 3 is 1.41 bits per heavy atom. The SMILES string of the molecule is C.CCC(=O)CC(C)c1ccc(Br)cc1.CCC(=O)CC(C)c1ccc(N2CC(c3cc(Cl)c(Cl)c(Cl)c3)(C(F)(F)F)OC2=O)cc1.N[C@@H]1CCCC[C@H]1N.O=C1NCC(c2cc(Cl)c(Cl)c(Cl)c2)(C(F)(F)F)O1.[Cu][I]. The van der Waals surface area contributed by atoms with E-state index in [0.717, 1.165) is 52.0 Å². The second kappa shape index (κ2) is 31.1. The molecule has 2 heterocycles. The third-order valence-corrected chi connectivity index (χ3v) is 15.3. The molecule has 5 N–H and O–H groups in total. The van der Waals surface area contributed by atoms with Crippen molar-refractivity contribution in [1.29, 1.82) is 0 Å². The summed E-state index contributed by atoms with van der Waals surface area (Å²) >= 11 is 44.1. The minimum absolute atomic E-state index is 0. The molecule has 0 bridgehead atoms. The Bertz CT molecular complexity index is 2540. The van der Waals surface area contributed by atoms with Crippen LogP contribution in [0.15, 0.2) is 77.3 Å². The molecule has 1 saturated carbocycles. The molecule has 4 aromatic carbocycles. The molecule has 0 spiro atoms. The number of nitrogens with one attached hydrogen (secondary N) is 1. The number of alkyl carbamates (subject to hydrolysis) is 1. The van der Waals surface area contributed by atoms with E-state index < -0.39 is 60.0 Å². The molecule has 6 atom stereocenters. The number of ketones is 2. The first kappa shape index (κ1) is 69.8. The fourth-order valence-corrected chi connectivity index (χ4v) is 9.30. The number of anilines is 1. The number of nitrogens with two attached hydrogens (primary N) is 2. The van der Waals surface area contributed by atoms with E-state index >= 15 is 0 Å². The second-order valence-electron chi connectivity index (χ2n) is 17.6. The Morgan fingerprint density at radius 1 is 0.711 bits per heavy atom. The summed E-state index contributed by atoms with van der Waals surface area (Å²) in [5, 5.41) is 1.12. The van der Waals surface area contributed by atoms with Crippen molar-refractivity contribution in [3.63, 3.8) is 0 Å². The molecule has 0 aromatic heterocycles. The van der Waals surface area contributed by atoms with Gasteiger partial charge in [-0.15, -0.1) is 0 Å². The van der Waals surface area contributed by atoms with Gasteiger partial charge in [0.2, 0.25) is 0 Å². The van der Waals surface area contributed by atoms with E-state index in [1.807, 2.05) is 31.3 Å². The number of hydrogen-bond donors (Lipinski definition) is 3. The van der Waals surface area contributed by atoms with Crippen LogP contribution in [-0.4, -0.2) is 61.3 Å². The normalized spacial score (nSPS) is 20.7. The van der Waals surface area contributed by atoms with Gasteiger partial charge in [0.1, 0.15) is 11.6 Å². The number of Topliss-reactive ketones (excluding diaryl/α,β-unsaturated/α-hetero) is 2. The molecule has 4 aromatic rings. The summed E-state index contributed by atoms with van der Waals surface area (Å²) in [5.41, 5.74) is 6.99. The van der Waals surface area contributed by atoms with E-state index in [-0.39, 0.29) is 67.0 Å². The summed E-state index contributed by atoms with van der Waals surface area (Å²) < 4.78 is 92.6. The van der Waals surface area contributed by atoms with E-state index in [1.54, 1.807) is 39.4 Å². The molecule has 7 rings (SSSR count). The molecule has 2 aliphatic heterocycles. The zero-order valence-electron chi connectivity index (χ0n) is 40.5. The molecule has 2 amide bonds. The predicted octanol–water partition coefficient (Wildman–Crippen LogP) is 17.3. The van der Waals surface area contributed by atoms with Gasteiger partial charge in [-0.25, -0.2) is 9.59 Å². The Morgan fingerprint density at radius 2 is 1.08 bits per heavy atom. The zero-order chi connectivity index (χ0) is 56.8. The average molecular weight is 1420 g/mol. The van der Waals surface area contributed by atoms with Gasteiger partial charge in [-0.05, 0) is 84.3 Å². The molecular weight excluding hydrogens is 1360 g/mol. The fourth-order valence-electron chi connectivity index (χ4n) is 7.84. The van der Waals surface area contributed by atoms with Crippen molar-refractivity contribution in [1.82, 2.24) is 5.32 Å². The number of hydrogen-bond acceptors (Lipinski definition) is 8. The number of nitrogens with zero attached hydrogens (tertiary/aromatic N) is 1. The first-order valence-electron chi connectivity index (χ1n) is 22.9. The number of carbonyl (C=O) groups is 4. The number of halogens is 14. The summed E-state index contributed by atoms with van der Waals surface area (Å²) in [6, 6.07) is 19.1. The van der Waals surface area contributed by atoms with Crippen molar-refractivity contribution in [3.8, 4) is 0 Å². The molecule has 25 heteroatoms. The average Bonchev–Trinajstić information content (AvgIpc) is 3.96. The van der Waals surface area contributed by atoms with Crippen LogP contribution in [0.5, 0.6) is 0 Å². The third-order valence-electron chi connectivity index (χ3n) is 12.4. The fraction of sp³-hybridized carbons (Fsp3) is 0.451. The van der Waals surface area contributed by atoms with Gasteiger partial charge in [-0.3, -0.25) is 14.5 Å². The summed E-state index contributed by atoms with van der Waals surface area (Å²) in [5.74, 6) is 0.713. The van der Waals surface area contributed by atoms with Gasteiger partial charge < -0.3 is 26.3 Å². The van der Waals surface area contributed by atoms with Gasteiger partial charge in [-0.2, -0.15) is 26.3 Å². The second-order valence-corrected chi connectivity index (χ2v) is 20.9. The van der Waals surface area contributed by atoms with E-state index in [4.69, 9.17) is 85.8 Å². The summed E-state index contributed by atoms with van der Waals surface area (Å²) in [6.07, 6.45) is -5.23. The number of cyclic esters (lactones) is 2. The zero-order valence-corrected chi connectivity index (χ0v) is 49.7. The number of amides is 2. The van der Waals surface area contributed by atoms with E-state index in [2.05, 4.69) is 52.5 Å². The topological polar surface area (TPSA) is 154 Å². The van der Waals surface area contributed by atoms with Crippen molar-refractivity contribution in [2.45, 2.75) is 134 Å². The van der Waals surface area contributed by atoms with Gasteiger partial charge in [-0.1, -0.05) is 158 Å². The van der Waals surface area contributed by atoms with Gasteiger partial charge in [0.25, 0.3) is 11.2 Å². The van der Waals surface area contributed by atoms with Crippen molar-refractivity contribution in [2.24, 2.45) is 11.5 Å². The van der Waals surface area contributed by atoms with Crippen molar-refractivity contribution >= 4 is 135 Å². The Labute approximate surface area is 497 Å². The van der Waals surface area contributed by atoms with Crippen molar-refractivity contribution < 1.29 is 67.8 Å². The van der Waals surface area contributed by atoms with Crippen LogP contribution in [0.1, 0.15) is 121 Å². The van der Waals surface area contributed by atoms with Crippen LogP contribution in [0.4, 0.5) is 41.6 Å². The van der Waals surface area contributed by atoms with Crippen molar-refractivity contribution in [3.05, 3.63) is 130 Å². The number of benzene rings is 4. The number of rotatable bonds is 11. The van der Waals surface area contributed by atoms with Gasteiger partial charge in [0.05, 0.1) is 43.2 Å². The number of alkyl halides is 6. The minimum atomic E-state index is -4.95. The standard InChI is InChI=1S/C22H19Cl3F3NO3.C12H15BrO.C10H5Cl3F3NO2.C6H14N2.CH4.Cu.HI/c1-3-16(30)8-12(2)13-4-6-15(7-5-13)29-11-21(22(26,27)28,32-20(29)31)14-9-17(23)19(25)18(24)10-14;1-3-12(14)8-9(2)10-4-6-11(13)7-5-10;11-5-1-4(2-6(12)7(5)13)9(10(14,15)16)3-17-8(18)19-9;7-5-3-1-2-4-6(5)8;;;/h4-7,9-10,12H,3,8,11H2,1-2H3;4-7,9H,3,8H2,1-2H3;1-2H,3H2,(H,17,18);5-6H,1-4,7-8H2;1H4;;1H/q;;;;;+1;/p-1/t;;;5-,6-;;;/m...1.../s1. The summed E-state index contributed by atoms with van der Waals surface area (Å²) in [6.45, 7) is 6.09. The van der Waals surface area contributed by atoms with Crippen LogP contribution in [0.25, 0.3) is 0 Å². The molecule has 10 nitrogen and oxygen atoms in total. The molecule has 426 valence electrons. The van der Waals surface area contributed by atoms with Crippen LogP contribution in [0, 0.1) is 0 Å². The summed E-state index contributed by atoms with van der Waals surface area (Å²) in [4.78, 5) is 47.3. The van der Waals surface area contributed by atoms with Crippen LogP contribution < -0.4 is 21.7 Å². The molecule has 3 fully saturated rings. The molecule has 2 saturated heterocycles. The predicted molar refractivity (Wildman–Crippen MR) is 299 cm³/mol. The molecule has 0 radical (unpaired) electrons. The Balaban J connectivity index is 0.000000380. The Kier molecular flexibility index (Phi) is 28.6. The molecular formula is C51H57BrCl6CuF6IN4O6. The summed E-state index contributed by atoms with van der Waals surface area (Å²) in [7, 11) is 0. The monoisotopic (exact) mass is 1410 g/mol. The van der Waals surface area contributed by atoms with Crippen LogP contribution in [0.3, 0.4) is 0 Å². The van der Waals surface area contributed by atoms with Gasteiger partial charge >= 0.3 is 57.6 Å². The maximum atomic E-state index is 14.2. The quantitative estimate of drug-likeness (QED) is 0.0581. The van der Waals surface area contributed by atoms with Gasteiger partial charge in [0.15, 0.2) is 0 Å². The Hall–Kier alpha value is -2.27. The molecule has 4 unspecified atom stereocenters. The third kappa shape index (κ3) is 18.4.